The number of nitrogens with one attached hydrogen (secondary N) is 3. The highest BCUT2D eigenvalue weighted by molar-refractivity contribution is 5.95. The minimum atomic E-state index is -4.56. The summed E-state index contributed by atoms with van der Waals surface area (Å²) in [6, 6.07) is 5.89. The molecule has 20 heteroatoms. The zero-order valence-corrected chi connectivity index (χ0v) is 45.9. The van der Waals surface area contributed by atoms with E-state index in [9.17, 15) is 19.2 Å². The van der Waals surface area contributed by atoms with Crippen molar-refractivity contribution in [2.45, 2.75) is 155 Å². The van der Waals surface area contributed by atoms with Crippen LogP contribution in [0.5, 0.6) is 0 Å². The number of carbonyl (C=O) groups excluding carboxylic acids is 4. The molecule has 0 radical (unpaired) electrons. The van der Waals surface area contributed by atoms with E-state index < -0.39 is 48.3 Å². The molecule has 6 atom stereocenters. The number of fused-ring (bicyclic) bond motifs is 6. The number of nitrogens with zero attached hydrogens (tertiary/aromatic N) is 8. The number of halogens is 3. The van der Waals surface area contributed by atoms with Crippen molar-refractivity contribution < 1.29 is 41.8 Å². The Kier molecular flexibility index (Phi) is 16.0. The predicted octanol–water partition coefficient (Wildman–Crippen LogP) is 5.93. The average Bonchev–Trinajstić information content (AvgIpc) is 4.49. The number of ether oxygens (including phenoxy) is 2. The van der Waals surface area contributed by atoms with Crippen molar-refractivity contribution in [3.63, 3.8) is 0 Å². The van der Waals surface area contributed by atoms with Gasteiger partial charge in [0.15, 0.2) is 0 Å². The van der Waals surface area contributed by atoms with Gasteiger partial charge in [0.2, 0.25) is 11.8 Å². The van der Waals surface area contributed by atoms with Crippen LogP contribution in [0.25, 0.3) is 22.2 Å². The van der Waals surface area contributed by atoms with Crippen LogP contribution in [0.3, 0.4) is 0 Å². The SMILES string of the molecule is C.CC(C)c1ncc(N2CCN(C3CC3)CC2)cc1-c1c2c3cc(ccc3n1CC(F)(F)F)N1CCO[C@@H](C[C@H](NC(=O)[C@H](C(C)C)N3CC[C@]4(CCN(C(=O)[C@H]5CN5)C4)C3)C(=O)N3CCC[C@H](N3)C(=O)OCC(C)(C)C2)C1. The molecule has 1 saturated carbocycles. The molecule has 6 bridgehead atoms. The molecule has 2 aromatic heterocycles. The van der Waals surface area contributed by atoms with Crippen LogP contribution < -0.4 is 25.9 Å². The number of carbonyl (C=O) groups is 4. The number of aromatic nitrogens is 2. The number of rotatable bonds is 10. The quantitative estimate of drug-likeness (QED) is 0.162. The first kappa shape index (κ1) is 56.3. The number of hydrazine groups is 1. The van der Waals surface area contributed by atoms with E-state index in [1.54, 1.807) is 6.07 Å². The van der Waals surface area contributed by atoms with Crippen LogP contribution in [-0.4, -0.2) is 187 Å². The van der Waals surface area contributed by atoms with E-state index in [-0.39, 0.29) is 67.9 Å². The summed E-state index contributed by atoms with van der Waals surface area (Å²) in [4.78, 5) is 73.2. The number of hydrogen-bond donors (Lipinski definition) is 3. The van der Waals surface area contributed by atoms with Gasteiger partial charge in [-0.05, 0) is 93.2 Å². The molecule has 428 valence electrons. The number of hydrogen-bond acceptors (Lipinski definition) is 13. The minimum absolute atomic E-state index is 0. The van der Waals surface area contributed by atoms with Gasteiger partial charge >= 0.3 is 12.1 Å². The third-order valence-corrected chi connectivity index (χ3v) is 17.8. The second kappa shape index (κ2) is 22.1. The molecule has 9 heterocycles. The molecule has 0 unspecified atom stereocenters. The van der Waals surface area contributed by atoms with Crippen molar-refractivity contribution in [1.29, 1.82) is 0 Å². The first-order valence-corrected chi connectivity index (χ1v) is 28.6. The van der Waals surface area contributed by atoms with Crippen molar-refractivity contribution in [2.75, 3.05) is 102 Å². The maximum atomic E-state index is 15.1. The van der Waals surface area contributed by atoms with E-state index in [0.29, 0.717) is 99.2 Å². The van der Waals surface area contributed by atoms with Crippen LogP contribution in [-0.2, 0) is 41.6 Å². The third-order valence-electron chi connectivity index (χ3n) is 17.8. The average molecular weight is 1090 g/mol. The molecule has 3 aromatic rings. The molecular formula is C58H84F3N11O6. The van der Waals surface area contributed by atoms with E-state index in [4.69, 9.17) is 14.5 Å². The van der Waals surface area contributed by atoms with Crippen molar-refractivity contribution in [1.82, 2.24) is 45.3 Å². The van der Waals surface area contributed by atoms with Crippen LogP contribution in [0.1, 0.15) is 111 Å². The predicted molar refractivity (Wildman–Crippen MR) is 294 cm³/mol. The lowest BCUT2D eigenvalue weighted by Gasteiger charge is -2.39. The molecule has 8 aliphatic rings. The molecule has 11 rings (SSSR count). The Labute approximate surface area is 458 Å². The Morgan fingerprint density at radius 3 is 2.38 bits per heavy atom. The van der Waals surface area contributed by atoms with Crippen LogP contribution in [0.2, 0.25) is 0 Å². The number of benzene rings is 1. The lowest BCUT2D eigenvalue weighted by atomic mass is 9.84. The number of amides is 3. The van der Waals surface area contributed by atoms with Crippen molar-refractivity contribution >= 4 is 46.0 Å². The molecule has 7 fully saturated rings. The number of pyridine rings is 1. The molecule has 17 nitrogen and oxygen atoms in total. The standard InChI is InChI=1S/C57H80F3N11O6.CH4/c1-35(2)48-42(25-39(28-62-48)66-20-18-65(19-21-66)37-9-10-37)50-43-27-55(5,6)34-77-54(75)44-8-7-15-71(64-44)53(74)45(26-40-30-67(22-23-76-40)38-11-12-47(41(43)24-38)70(50)33-57(58,59)60)63-51(72)49(36(3)4)68-16-13-56(31-68)14-17-69(32-56)52(73)46-29-61-46;/h11-12,24-25,28,35-37,40,44-46,49,61,64H,7-10,13-23,26-27,29-34H2,1-6H3,(H,63,72);1H4/t40-,44-,45-,46+,49-,56-;/m0./s1. The van der Waals surface area contributed by atoms with Crippen molar-refractivity contribution in [3.8, 4) is 11.3 Å². The van der Waals surface area contributed by atoms with E-state index in [1.807, 2.05) is 64.8 Å². The molecule has 1 aliphatic carbocycles. The topological polar surface area (TPSA) is 170 Å². The molecule has 3 N–H and O–H groups in total. The highest BCUT2D eigenvalue weighted by atomic mass is 19.4. The van der Waals surface area contributed by atoms with Crippen molar-refractivity contribution in [3.05, 3.63) is 41.7 Å². The van der Waals surface area contributed by atoms with Crippen LogP contribution >= 0.6 is 0 Å². The number of cyclic esters (lactones) is 1. The van der Waals surface area contributed by atoms with Gasteiger partial charge in [-0.25, -0.2) is 5.43 Å². The fourth-order valence-corrected chi connectivity index (χ4v) is 13.6. The number of likely N-dealkylation sites (tertiary alicyclic amines) is 2. The summed E-state index contributed by atoms with van der Waals surface area (Å²) in [5.41, 5.74) is 7.01. The summed E-state index contributed by atoms with van der Waals surface area (Å²) in [7, 11) is 0. The molecule has 7 aliphatic heterocycles. The molecular weight excluding hydrogens is 1000 g/mol. The van der Waals surface area contributed by atoms with Gasteiger partial charge < -0.3 is 39.4 Å². The molecule has 78 heavy (non-hydrogen) atoms. The minimum Gasteiger partial charge on any atom is -0.464 e. The van der Waals surface area contributed by atoms with E-state index in [2.05, 4.69) is 41.7 Å². The van der Waals surface area contributed by atoms with Crippen molar-refractivity contribution in [2.24, 2.45) is 16.7 Å². The first-order chi connectivity index (χ1) is 36.7. The molecule has 1 spiro atoms. The number of alkyl halides is 3. The second-order valence-corrected chi connectivity index (χ2v) is 25.1. The van der Waals surface area contributed by atoms with Gasteiger partial charge in [0.1, 0.15) is 18.6 Å². The highest BCUT2D eigenvalue weighted by Gasteiger charge is 2.50. The van der Waals surface area contributed by atoms with Gasteiger partial charge in [-0.3, -0.25) is 39.0 Å². The second-order valence-electron chi connectivity index (χ2n) is 25.1. The Balaban J connectivity index is 0.00000688. The molecule has 3 amide bonds. The fraction of sp³-hybridized carbons (Fsp3) is 0.707. The fourth-order valence-electron chi connectivity index (χ4n) is 13.6. The van der Waals surface area contributed by atoms with Gasteiger partial charge in [-0.1, -0.05) is 49.0 Å². The Morgan fingerprint density at radius 1 is 0.923 bits per heavy atom. The van der Waals surface area contributed by atoms with Gasteiger partial charge in [-0.2, -0.15) is 13.2 Å². The largest absolute Gasteiger partial charge is 0.464 e. The Bertz CT molecular complexity index is 2720. The highest BCUT2D eigenvalue weighted by Crippen LogP contribution is 2.45. The van der Waals surface area contributed by atoms with E-state index in [1.165, 1.54) is 22.4 Å². The Hall–Kier alpha value is -5.02. The lowest BCUT2D eigenvalue weighted by Crippen LogP contribution is -2.62. The normalized spacial score (nSPS) is 27.8. The summed E-state index contributed by atoms with van der Waals surface area (Å²) in [5, 5.41) is 8.48. The smallest absolute Gasteiger partial charge is 0.406 e. The lowest BCUT2D eigenvalue weighted by molar-refractivity contribution is -0.156. The zero-order valence-electron chi connectivity index (χ0n) is 45.9. The van der Waals surface area contributed by atoms with E-state index in [0.717, 1.165) is 62.5 Å². The van der Waals surface area contributed by atoms with Gasteiger partial charge in [0.25, 0.3) is 5.91 Å². The molecule has 6 saturated heterocycles. The van der Waals surface area contributed by atoms with Crippen LogP contribution in [0.4, 0.5) is 24.5 Å². The molecule has 1 aromatic carbocycles. The van der Waals surface area contributed by atoms with Gasteiger partial charge in [0, 0.05) is 117 Å². The third kappa shape index (κ3) is 11.9. The maximum absolute atomic E-state index is 15.1. The first-order valence-electron chi connectivity index (χ1n) is 28.6. The summed E-state index contributed by atoms with van der Waals surface area (Å²) in [5.74, 6) is -1.22. The van der Waals surface area contributed by atoms with Crippen LogP contribution in [0, 0.1) is 16.7 Å². The Morgan fingerprint density at radius 2 is 1.68 bits per heavy atom. The zero-order chi connectivity index (χ0) is 54.1. The number of anilines is 2. The number of piperazine rings is 1. The number of morpholine rings is 1. The summed E-state index contributed by atoms with van der Waals surface area (Å²) in [6.45, 7) is 19.2. The summed E-state index contributed by atoms with van der Waals surface area (Å²) < 4.78 is 59.5. The van der Waals surface area contributed by atoms with Gasteiger partial charge in [0.05, 0.1) is 54.7 Å². The monoisotopic (exact) mass is 1090 g/mol. The van der Waals surface area contributed by atoms with Crippen LogP contribution in [0.15, 0.2) is 30.5 Å². The number of esters is 1. The van der Waals surface area contributed by atoms with Gasteiger partial charge in [-0.15, -0.1) is 0 Å². The summed E-state index contributed by atoms with van der Waals surface area (Å²) >= 11 is 0. The maximum Gasteiger partial charge on any atom is 0.406 e. The van der Waals surface area contributed by atoms with E-state index >= 15 is 13.2 Å². The summed E-state index contributed by atoms with van der Waals surface area (Å²) in [6.07, 6.45) is 2.36.